The quantitative estimate of drug-likeness (QED) is 0.630. The van der Waals surface area contributed by atoms with Crippen molar-refractivity contribution in [3.63, 3.8) is 0 Å². The van der Waals surface area contributed by atoms with E-state index in [1.807, 2.05) is 0 Å². The molecular weight excluding hydrogens is 282 g/mol. The van der Waals surface area contributed by atoms with Gasteiger partial charge in [0, 0.05) is 25.0 Å². The van der Waals surface area contributed by atoms with E-state index in [0.717, 1.165) is 25.7 Å². The normalized spacial score (nSPS) is 24.1. The van der Waals surface area contributed by atoms with Crippen molar-refractivity contribution in [2.45, 2.75) is 43.8 Å². The molecule has 1 atom stereocenters. The highest BCUT2D eigenvalue weighted by Crippen LogP contribution is 2.43. The summed E-state index contributed by atoms with van der Waals surface area (Å²) in [6.45, 7) is 0.714. The van der Waals surface area contributed by atoms with Crippen molar-refractivity contribution < 1.29 is 14.4 Å². The SMILES string of the molecule is O=[N+]([O-])c1ccc(OC2CCOC3(CCC3)C2)cc1Cl. The number of nitro groups is 1. The van der Waals surface area contributed by atoms with Gasteiger partial charge in [-0.2, -0.15) is 0 Å². The fourth-order valence-corrected chi connectivity index (χ4v) is 3.14. The molecule has 1 saturated carbocycles. The van der Waals surface area contributed by atoms with E-state index in [-0.39, 0.29) is 22.4 Å². The van der Waals surface area contributed by atoms with Crippen molar-refractivity contribution in [3.8, 4) is 5.75 Å². The second kappa shape index (κ2) is 5.22. The first-order chi connectivity index (χ1) is 9.58. The Bertz CT molecular complexity index is 530. The fraction of sp³-hybridized carbons (Fsp3) is 0.571. The maximum Gasteiger partial charge on any atom is 0.288 e. The Morgan fingerprint density at radius 1 is 1.45 bits per heavy atom. The predicted molar refractivity (Wildman–Crippen MR) is 74.3 cm³/mol. The zero-order valence-electron chi connectivity index (χ0n) is 11.0. The van der Waals surface area contributed by atoms with Crippen LogP contribution in [0.15, 0.2) is 18.2 Å². The van der Waals surface area contributed by atoms with Crippen LogP contribution in [0.1, 0.15) is 32.1 Å². The highest BCUT2D eigenvalue weighted by atomic mass is 35.5. The van der Waals surface area contributed by atoms with Crippen LogP contribution in [0.2, 0.25) is 5.02 Å². The van der Waals surface area contributed by atoms with E-state index in [1.165, 1.54) is 18.6 Å². The van der Waals surface area contributed by atoms with Crippen LogP contribution in [0.3, 0.4) is 0 Å². The highest BCUT2D eigenvalue weighted by Gasteiger charge is 2.43. The molecule has 108 valence electrons. The van der Waals surface area contributed by atoms with Gasteiger partial charge in [-0.25, -0.2) is 0 Å². The molecule has 2 fully saturated rings. The van der Waals surface area contributed by atoms with Crippen molar-refractivity contribution in [3.05, 3.63) is 33.3 Å². The zero-order valence-corrected chi connectivity index (χ0v) is 11.8. The van der Waals surface area contributed by atoms with Crippen molar-refractivity contribution in [2.75, 3.05) is 6.61 Å². The Morgan fingerprint density at radius 2 is 2.25 bits per heavy atom. The van der Waals surface area contributed by atoms with Gasteiger partial charge in [0.1, 0.15) is 16.9 Å². The lowest BCUT2D eigenvalue weighted by molar-refractivity contribution is -0.384. The van der Waals surface area contributed by atoms with E-state index in [0.29, 0.717) is 12.4 Å². The number of hydrogen-bond donors (Lipinski definition) is 0. The van der Waals surface area contributed by atoms with E-state index in [1.54, 1.807) is 6.07 Å². The molecule has 1 aliphatic heterocycles. The minimum atomic E-state index is -0.496. The molecule has 5 nitrogen and oxygen atoms in total. The number of rotatable bonds is 3. The third-order valence-corrected chi connectivity index (χ3v) is 4.43. The van der Waals surface area contributed by atoms with Crippen LogP contribution in [0.5, 0.6) is 5.75 Å². The number of benzene rings is 1. The molecule has 6 heteroatoms. The molecule has 0 amide bonds. The van der Waals surface area contributed by atoms with E-state index < -0.39 is 4.92 Å². The van der Waals surface area contributed by atoms with E-state index >= 15 is 0 Å². The lowest BCUT2D eigenvalue weighted by Gasteiger charge is -2.46. The van der Waals surface area contributed by atoms with Gasteiger partial charge in [-0.05, 0) is 25.3 Å². The van der Waals surface area contributed by atoms with E-state index in [2.05, 4.69) is 0 Å². The van der Waals surface area contributed by atoms with Crippen LogP contribution in [0.4, 0.5) is 5.69 Å². The molecule has 1 heterocycles. The minimum absolute atomic E-state index is 0.0213. The van der Waals surface area contributed by atoms with Crippen LogP contribution in [-0.4, -0.2) is 23.2 Å². The Kier molecular flexibility index (Phi) is 3.56. The number of ether oxygens (including phenoxy) is 2. The Balaban J connectivity index is 1.68. The number of hydrogen-bond acceptors (Lipinski definition) is 4. The third kappa shape index (κ3) is 2.60. The maximum absolute atomic E-state index is 10.7. The molecular formula is C14H16ClNO4. The first kappa shape index (κ1) is 13.6. The summed E-state index contributed by atoms with van der Waals surface area (Å²) in [6.07, 6.45) is 5.26. The average Bonchev–Trinajstić information content (AvgIpc) is 2.37. The van der Waals surface area contributed by atoms with Gasteiger partial charge in [-0.3, -0.25) is 10.1 Å². The molecule has 1 unspecified atom stereocenters. The van der Waals surface area contributed by atoms with Gasteiger partial charge in [0.2, 0.25) is 0 Å². The van der Waals surface area contributed by atoms with E-state index in [4.69, 9.17) is 21.1 Å². The molecule has 1 aliphatic carbocycles. The van der Waals surface area contributed by atoms with Crippen LogP contribution in [0, 0.1) is 10.1 Å². The molecule has 0 N–H and O–H groups in total. The smallest absolute Gasteiger partial charge is 0.288 e. The summed E-state index contributed by atoms with van der Waals surface area (Å²) in [6, 6.07) is 4.51. The summed E-state index contributed by atoms with van der Waals surface area (Å²) in [4.78, 5) is 10.2. The number of nitro benzene ring substituents is 1. The number of halogens is 1. The maximum atomic E-state index is 10.7. The van der Waals surface area contributed by atoms with Crippen LogP contribution < -0.4 is 4.74 Å². The topological polar surface area (TPSA) is 61.6 Å². The first-order valence-corrected chi connectivity index (χ1v) is 7.20. The summed E-state index contributed by atoms with van der Waals surface area (Å²) in [5.41, 5.74) is -0.0746. The highest BCUT2D eigenvalue weighted by molar-refractivity contribution is 6.32. The largest absolute Gasteiger partial charge is 0.490 e. The molecule has 0 aromatic heterocycles. The second-order valence-electron chi connectivity index (χ2n) is 5.49. The lowest BCUT2D eigenvalue weighted by atomic mass is 9.74. The second-order valence-corrected chi connectivity index (χ2v) is 5.90. The van der Waals surface area contributed by atoms with Crippen molar-refractivity contribution in [1.82, 2.24) is 0 Å². The minimum Gasteiger partial charge on any atom is -0.490 e. The Morgan fingerprint density at radius 3 is 2.85 bits per heavy atom. The van der Waals surface area contributed by atoms with Crippen LogP contribution in [0.25, 0.3) is 0 Å². The summed E-state index contributed by atoms with van der Waals surface area (Å²) in [7, 11) is 0. The molecule has 0 bridgehead atoms. The summed E-state index contributed by atoms with van der Waals surface area (Å²) in [5, 5.41) is 10.8. The molecule has 2 aliphatic rings. The third-order valence-electron chi connectivity index (χ3n) is 4.13. The number of nitrogens with zero attached hydrogens (tertiary/aromatic N) is 1. The molecule has 1 spiro atoms. The monoisotopic (exact) mass is 297 g/mol. The summed E-state index contributed by atoms with van der Waals surface area (Å²) in [5.74, 6) is 0.585. The van der Waals surface area contributed by atoms with Gasteiger partial charge in [-0.1, -0.05) is 11.6 Å². The standard InChI is InChI=1S/C14H16ClNO4/c15-12-8-10(2-3-13(12)16(17)18)20-11-4-7-19-14(9-11)5-1-6-14/h2-3,8,11H,1,4-7,9H2. The Hall–Kier alpha value is -1.33. The summed E-state index contributed by atoms with van der Waals surface area (Å²) < 4.78 is 11.8. The van der Waals surface area contributed by atoms with Crippen molar-refractivity contribution >= 4 is 17.3 Å². The molecule has 1 aromatic rings. The van der Waals surface area contributed by atoms with Gasteiger partial charge >= 0.3 is 0 Å². The lowest BCUT2D eigenvalue weighted by Crippen LogP contribution is -2.48. The van der Waals surface area contributed by atoms with Gasteiger partial charge in [-0.15, -0.1) is 0 Å². The van der Waals surface area contributed by atoms with Crippen molar-refractivity contribution in [1.29, 1.82) is 0 Å². The van der Waals surface area contributed by atoms with Crippen molar-refractivity contribution in [2.24, 2.45) is 0 Å². The predicted octanol–water partition coefficient (Wildman–Crippen LogP) is 3.73. The van der Waals surface area contributed by atoms with Gasteiger partial charge in [0.05, 0.1) is 17.1 Å². The molecule has 20 heavy (non-hydrogen) atoms. The average molecular weight is 298 g/mol. The Labute approximate surface area is 122 Å². The van der Waals surface area contributed by atoms with E-state index in [9.17, 15) is 10.1 Å². The van der Waals surface area contributed by atoms with Gasteiger partial charge in [0.25, 0.3) is 5.69 Å². The van der Waals surface area contributed by atoms with Crippen LogP contribution in [-0.2, 0) is 4.74 Å². The van der Waals surface area contributed by atoms with Crippen LogP contribution >= 0.6 is 11.6 Å². The molecule has 1 saturated heterocycles. The van der Waals surface area contributed by atoms with Gasteiger partial charge in [0.15, 0.2) is 0 Å². The van der Waals surface area contributed by atoms with Gasteiger partial charge < -0.3 is 9.47 Å². The molecule has 1 aromatic carbocycles. The molecule has 3 rings (SSSR count). The fourth-order valence-electron chi connectivity index (χ4n) is 2.90. The first-order valence-electron chi connectivity index (χ1n) is 6.83. The summed E-state index contributed by atoms with van der Waals surface area (Å²) >= 11 is 5.89. The zero-order chi connectivity index (χ0) is 14.2. The molecule has 0 radical (unpaired) electrons.